The van der Waals surface area contributed by atoms with Crippen molar-refractivity contribution in [2.24, 2.45) is 5.92 Å². The Morgan fingerprint density at radius 3 is 2.36 bits per heavy atom. The highest BCUT2D eigenvalue weighted by Gasteiger charge is 2.36. The molecule has 1 N–H and O–H groups in total. The van der Waals surface area contributed by atoms with Crippen molar-refractivity contribution in [2.75, 3.05) is 6.54 Å². The largest absolute Gasteiger partial charge is 0.508 e. The SMILES string of the molecule is O=C1[C@@H](Cc2c(Cl)cc(O)cc2Cl)CCN1C1CCCCC1. The highest BCUT2D eigenvalue weighted by Crippen LogP contribution is 2.35. The van der Waals surface area contributed by atoms with Crippen LogP contribution in [0.4, 0.5) is 0 Å². The molecule has 1 aromatic carbocycles. The molecule has 1 atom stereocenters. The molecule has 0 aromatic heterocycles. The Kier molecular flexibility index (Phi) is 4.84. The van der Waals surface area contributed by atoms with Crippen LogP contribution in [0, 0.1) is 5.92 Å². The quantitative estimate of drug-likeness (QED) is 0.883. The summed E-state index contributed by atoms with van der Waals surface area (Å²) in [6, 6.07) is 3.40. The van der Waals surface area contributed by atoms with Crippen LogP contribution in [0.5, 0.6) is 5.75 Å². The molecule has 5 heteroatoms. The first kappa shape index (κ1) is 15.9. The van der Waals surface area contributed by atoms with E-state index in [0.717, 1.165) is 31.4 Å². The second-order valence-corrected chi connectivity index (χ2v) is 7.22. The maximum Gasteiger partial charge on any atom is 0.226 e. The van der Waals surface area contributed by atoms with Gasteiger partial charge in [0.15, 0.2) is 0 Å². The van der Waals surface area contributed by atoms with Gasteiger partial charge in [-0.3, -0.25) is 4.79 Å². The smallest absolute Gasteiger partial charge is 0.226 e. The van der Waals surface area contributed by atoms with Crippen LogP contribution in [-0.4, -0.2) is 28.5 Å². The molecule has 0 unspecified atom stereocenters. The van der Waals surface area contributed by atoms with Crippen LogP contribution in [0.3, 0.4) is 0 Å². The molecule has 0 spiro atoms. The van der Waals surface area contributed by atoms with Gasteiger partial charge in [0.1, 0.15) is 5.75 Å². The monoisotopic (exact) mass is 341 g/mol. The predicted molar refractivity (Wildman–Crippen MR) is 88.5 cm³/mol. The molecule has 2 aliphatic rings. The van der Waals surface area contributed by atoms with Crippen LogP contribution in [0.2, 0.25) is 10.0 Å². The summed E-state index contributed by atoms with van der Waals surface area (Å²) in [4.78, 5) is 14.8. The van der Waals surface area contributed by atoms with E-state index in [9.17, 15) is 9.90 Å². The zero-order valence-corrected chi connectivity index (χ0v) is 14.0. The standard InChI is InChI=1S/C17H21Cl2NO2/c18-15-9-13(21)10-16(19)14(15)8-11-6-7-20(17(11)22)12-4-2-1-3-5-12/h9-12,21H,1-8H2/t11-/m1/s1. The number of aromatic hydroxyl groups is 1. The Labute approximate surface area is 141 Å². The summed E-state index contributed by atoms with van der Waals surface area (Å²) in [7, 11) is 0. The van der Waals surface area contributed by atoms with E-state index in [1.807, 2.05) is 0 Å². The van der Waals surface area contributed by atoms with Crippen LogP contribution in [0.1, 0.15) is 44.1 Å². The molecule has 1 aliphatic heterocycles. The van der Waals surface area contributed by atoms with E-state index in [1.54, 1.807) is 0 Å². The lowest BCUT2D eigenvalue weighted by molar-refractivity contribution is -0.133. The van der Waals surface area contributed by atoms with Gasteiger partial charge in [-0.15, -0.1) is 0 Å². The number of amides is 1. The Morgan fingerprint density at radius 1 is 1.09 bits per heavy atom. The molecule has 1 heterocycles. The molecular formula is C17H21Cl2NO2. The van der Waals surface area contributed by atoms with Crippen molar-refractivity contribution in [3.05, 3.63) is 27.7 Å². The second kappa shape index (κ2) is 6.67. The lowest BCUT2D eigenvalue weighted by Crippen LogP contribution is -2.39. The van der Waals surface area contributed by atoms with Crippen molar-refractivity contribution in [3.8, 4) is 5.75 Å². The van der Waals surface area contributed by atoms with Gasteiger partial charge in [0.2, 0.25) is 5.91 Å². The minimum Gasteiger partial charge on any atom is -0.508 e. The zero-order chi connectivity index (χ0) is 15.7. The predicted octanol–water partition coefficient (Wildman–Crippen LogP) is 4.42. The summed E-state index contributed by atoms with van der Waals surface area (Å²) in [6.45, 7) is 0.849. The fourth-order valence-electron chi connectivity index (χ4n) is 3.74. The normalized spacial score (nSPS) is 23.3. The average molecular weight is 342 g/mol. The molecule has 2 fully saturated rings. The molecule has 1 saturated heterocycles. The van der Waals surface area contributed by atoms with E-state index in [4.69, 9.17) is 23.2 Å². The van der Waals surface area contributed by atoms with Gasteiger partial charge in [-0.05, 0) is 43.4 Å². The fourth-order valence-corrected chi connectivity index (χ4v) is 4.37. The van der Waals surface area contributed by atoms with E-state index in [-0.39, 0.29) is 17.6 Å². The summed E-state index contributed by atoms with van der Waals surface area (Å²) >= 11 is 12.4. The number of phenolic OH excluding ortho intramolecular Hbond substituents is 1. The van der Waals surface area contributed by atoms with Crippen molar-refractivity contribution in [2.45, 2.75) is 51.0 Å². The molecule has 1 aliphatic carbocycles. The Hall–Kier alpha value is -0.930. The summed E-state index contributed by atoms with van der Waals surface area (Å²) in [6.07, 6.45) is 7.45. The minimum absolute atomic E-state index is 0.0403. The molecule has 22 heavy (non-hydrogen) atoms. The summed E-state index contributed by atoms with van der Waals surface area (Å²) < 4.78 is 0. The molecular weight excluding hydrogens is 321 g/mol. The van der Waals surface area contributed by atoms with E-state index in [1.165, 1.54) is 31.4 Å². The maximum absolute atomic E-state index is 12.7. The first-order valence-corrected chi connectivity index (χ1v) is 8.79. The number of hydrogen-bond acceptors (Lipinski definition) is 2. The van der Waals surface area contributed by atoms with Crippen molar-refractivity contribution in [1.29, 1.82) is 0 Å². The number of likely N-dealkylation sites (tertiary alicyclic amines) is 1. The van der Waals surface area contributed by atoms with Crippen LogP contribution in [-0.2, 0) is 11.2 Å². The third kappa shape index (κ3) is 3.21. The van der Waals surface area contributed by atoms with Gasteiger partial charge in [0.05, 0.1) is 0 Å². The van der Waals surface area contributed by atoms with Gasteiger partial charge in [0, 0.05) is 28.5 Å². The number of nitrogens with zero attached hydrogens (tertiary/aromatic N) is 1. The van der Waals surface area contributed by atoms with Gasteiger partial charge < -0.3 is 10.0 Å². The number of hydrogen-bond donors (Lipinski definition) is 1. The highest BCUT2D eigenvalue weighted by atomic mass is 35.5. The molecule has 1 saturated carbocycles. The van der Waals surface area contributed by atoms with Crippen molar-refractivity contribution >= 4 is 29.1 Å². The average Bonchev–Trinajstić information content (AvgIpc) is 2.85. The van der Waals surface area contributed by atoms with Crippen LogP contribution < -0.4 is 0 Å². The van der Waals surface area contributed by atoms with Gasteiger partial charge >= 0.3 is 0 Å². The third-order valence-electron chi connectivity index (χ3n) is 4.94. The maximum atomic E-state index is 12.7. The van der Waals surface area contributed by atoms with Crippen molar-refractivity contribution < 1.29 is 9.90 Å². The second-order valence-electron chi connectivity index (χ2n) is 6.40. The van der Waals surface area contributed by atoms with E-state index < -0.39 is 0 Å². The summed E-state index contributed by atoms with van der Waals surface area (Å²) in [5.74, 6) is 0.258. The number of halogens is 2. The van der Waals surface area contributed by atoms with E-state index in [2.05, 4.69) is 4.90 Å². The number of benzene rings is 1. The minimum atomic E-state index is -0.0403. The zero-order valence-electron chi connectivity index (χ0n) is 12.5. The molecule has 0 radical (unpaired) electrons. The van der Waals surface area contributed by atoms with Crippen LogP contribution >= 0.6 is 23.2 Å². The number of carbonyl (C=O) groups is 1. The van der Waals surface area contributed by atoms with Gasteiger partial charge in [-0.2, -0.15) is 0 Å². The first-order chi connectivity index (χ1) is 10.6. The van der Waals surface area contributed by atoms with Crippen LogP contribution in [0.15, 0.2) is 12.1 Å². The fraction of sp³-hybridized carbons (Fsp3) is 0.588. The first-order valence-electron chi connectivity index (χ1n) is 8.03. The molecule has 1 amide bonds. The van der Waals surface area contributed by atoms with Gasteiger partial charge in [0.25, 0.3) is 0 Å². The highest BCUT2D eigenvalue weighted by molar-refractivity contribution is 6.36. The Morgan fingerprint density at radius 2 is 1.73 bits per heavy atom. The molecule has 3 nitrogen and oxygen atoms in total. The molecule has 0 bridgehead atoms. The summed E-state index contributed by atoms with van der Waals surface area (Å²) in [5.41, 5.74) is 0.768. The van der Waals surface area contributed by atoms with Crippen molar-refractivity contribution in [3.63, 3.8) is 0 Å². The summed E-state index contributed by atoms with van der Waals surface area (Å²) in [5, 5.41) is 10.4. The van der Waals surface area contributed by atoms with E-state index in [0.29, 0.717) is 22.5 Å². The van der Waals surface area contributed by atoms with Gasteiger partial charge in [-0.1, -0.05) is 42.5 Å². The third-order valence-corrected chi connectivity index (χ3v) is 5.62. The topological polar surface area (TPSA) is 40.5 Å². The lowest BCUT2D eigenvalue weighted by atomic mass is 9.94. The number of rotatable bonds is 3. The lowest BCUT2D eigenvalue weighted by Gasteiger charge is -2.31. The van der Waals surface area contributed by atoms with Crippen molar-refractivity contribution in [1.82, 2.24) is 4.90 Å². The molecule has 1 aromatic rings. The Bertz CT molecular complexity index is 547. The Balaban J connectivity index is 1.71. The number of carbonyl (C=O) groups excluding carboxylic acids is 1. The molecule has 3 rings (SSSR count). The van der Waals surface area contributed by atoms with E-state index >= 15 is 0 Å². The van der Waals surface area contributed by atoms with Gasteiger partial charge in [-0.25, -0.2) is 0 Å². The van der Waals surface area contributed by atoms with Crippen LogP contribution in [0.25, 0.3) is 0 Å². The molecule has 120 valence electrons. The number of phenols is 1.